The summed E-state index contributed by atoms with van der Waals surface area (Å²) in [5.41, 5.74) is 3.06. The highest BCUT2D eigenvalue weighted by molar-refractivity contribution is 7.13. The minimum absolute atomic E-state index is 0.0110. The topological polar surface area (TPSA) is 76.3 Å². The molecule has 0 saturated carbocycles. The molecule has 1 amide bonds. The number of amides is 1. The van der Waals surface area contributed by atoms with Crippen LogP contribution in [0.3, 0.4) is 0 Å². The van der Waals surface area contributed by atoms with Gasteiger partial charge in [-0.15, -0.1) is 11.3 Å². The van der Waals surface area contributed by atoms with Gasteiger partial charge in [-0.25, -0.2) is 4.98 Å². The quantitative estimate of drug-likeness (QED) is 0.478. The Morgan fingerprint density at radius 3 is 2.89 bits per heavy atom. The van der Waals surface area contributed by atoms with Crippen LogP contribution in [0.25, 0.3) is 10.6 Å². The van der Waals surface area contributed by atoms with Crippen molar-refractivity contribution in [1.29, 1.82) is 0 Å². The van der Waals surface area contributed by atoms with Crippen LogP contribution in [0.4, 0.5) is 11.4 Å². The fourth-order valence-electron chi connectivity index (χ4n) is 3.14. The molecule has 2 heterocycles. The van der Waals surface area contributed by atoms with Crippen LogP contribution in [0.15, 0.2) is 47.8 Å². The second-order valence-corrected chi connectivity index (χ2v) is 7.43. The number of nitro benzene ring substituents is 1. The molecular formula is C19H14ClN3O3S. The molecule has 0 atom stereocenters. The first kappa shape index (κ1) is 17.6. The van der Waals surface area contributed by atoms with Crippen molar-refractivity contribution >= 4 is 40.2 Å². The molecule has 0 aliphatic carbocycles. The number of non-ortho nitro benzene ring substituents is 1. The summed E-state index contributed by atoms with van der Waals surface area (Å²) >= 11 is 7.65. The number of carbonyl (C=O) groups excluding carboxylic acids is 1. The molecular weight excluding hydrogens is 386 g/mol. The summed E-state index contributed by atoms with van der Waals surface area (Å²) < 4.78 is 0. The average Bonchev–Trinajstić information content (AvgIpc) is 3.28. The van der Waals surface area contributed by atoms with Crippen molar-refractivity contribution < 1.29 is 9.72 Å². The number of thiazole rings is 1. The van der Waals surface area contributed by atoms with Gasteiger partial charge in [0.25, 0.3) is 5.69 Å². The molecule has 27 heavy (non-hydrogen) atoms. The van der Waals surface area contributed by atoms with Crippen molar-refractivity contribution in [3.8, 4) is 10.6 Å². The number of nitro groups is 1. The number of aromatic nitrogens is 1. The molecule has 1 aliphatic heterocycles. The van der Waals surface area contributed by atoms with Crippen molar-refractivity contribution in [2.24, 2.45) is 0 Å². The third-order valence-electron chi connectivity index (χ3n) is 4.46. The normalized spacial score (nSPS) is 12.9. The lowest BCUT2D eigenvalue weighted by Crippen LogP contribution is -2.30. The molecule has 0 radical (unpaired) electrons. The van der Waals surface area contributed by atoms with E-state index in [9.17, 15) is 14.9 Å². The van der Waals surface area contributed by atoms with Gasteiger partial charge in [-0.3, -0.25) is 14.9 Å². The van der Waals surface area contributed by atoms with Gasteiger partial charge in [0.2, 0.25) is 5.91 Å². The number of rotatable bonds is 4. The number of hydrogen-bond donors (Lipinski definition) is 0. The van der Waals surface area contributed by atoms with Crippen LogP contribution in [0.5, 0.6) is 0 Å². The minimum Gasteiger partial charge on any atom is -0.311 e. The first-order valence-corrected chi connectivity index (χ1v) is 9.55. The highest BCUT2D eigenvalue weighted by Gasteiger charge is 2.27. The number of nitrogens with zero attached hydrogens (tertiary/aromatic N) is 3. The van der Waals surface area contributed by atoms with Gasteiger partial charge in [0.05, 0.1) is 27.7 Å². The SMILES string of the molecule is O=C(Cc1csc(-c2ccccc2Cl)n1)N1CCc2ccc([N+](=O)[O-])cc21. The van der Waals surface area contributed by atoms with Crippen molar-refractivity contribution in [3.05, 3.63) is 74.2 Å². The van der Waals surface area contributed by atoms with Crippen LogP contribution in [-0.4, -0.2) is 22.4 Å². The van der Waals surface area contributed by atoms with Gasteiger partial charge in [0.1, 0.15) is 5.01 Å². The largest absolute Gasteiger partial charge is 0.311 e. The summed E-state index contributed by atoms with van der Waals surface area (Å²) in [7, 11) is 0. The summed E-state index contributed by atoms with van der Waals surface area (Å²) in [6, 6.07) is 12.1. The van der Waals surface area contributed by atoms with E-state index in [0.29, 0.717) is 29.4 Å². The fourth-order valence-corrected chi connectivity index (χ4v) is 4.28. The number of anilines is 1. The van der Waals surface area contributed by atoms with Crippen LogP contribution in [-0.2, 0) is 17.6 Å². The van der Waals surface area contributed by atoms with Gasteiger partial charge in [0.15, 0.2) is 0 Å². The maximum atomic E-state index is 12.8. The lowest BCUT2D eigenvalue weighted by atomic mass is 10.1. The lowest BCUT2D eigenvalue weighted by Gasteiger charge is -2.16. The van der Waals surface area contributed by atoms with E-state index >= 15 is 0 Å². The van der Waals surface area contributed by atoms with Crippen LogP contribution < -0.4 is 4.90 Å². The molecule has 3 aromatic rings. The number of halogens is 1. The van der Waals surface area contributed by atoms with E-state index in [1.54, 1.807) is 17.0 Å². The summed E-state index contributed by atoms with van der Waals surface area (Å²) in [5, 5.41) is 14.2. The highest BCUT2D eigenvalue weighted by atomic mass is 35.5. The maximum absolute atomic E-state index is 12.8. The Morgan fingerprint density at radius 1 is 1.30 bits per heavy atom. The first-order chi connectivity index (χ1) is 13.0. The van der Waals surface area contributed by atoms with Gasteiger partial charge < -0.3 is 4.90 Å². The Balaban J connectivity index is 1.54. The molecule has 1 aliphatic rings. The molecule has 2 aromatic carbocycles. The second kappa shape index (κ2) is 7.09. The first-order valence-electron chi connectivity index (χ1n) is 8.30. The van der Waals surface area contributed by atoms with E-state index < -0.39 is 4.92 Å². The van der Waals surface area contributed by atoms with Crippen LogP contribution in [0.1, 0.15) is 11.3 Å². The molecule has 1 aromatic heterocycles. The third kappa shape index (κ3) is 3.43. The van der Waals surface area contributed by atoms with Crippen molar-refractivity contribution in [1.82, 2.24) is 4.98 Å². The van der Waals surface area contributed by atoms with Gasteiger partial charge in [0, 0.05) is 29.6 Å². The standard InChI is InChI=1S/C19H14ClN3O3S/c20-16-4-2-1-3-15(16)19-21-13(11-27-19)9-18(24)22-8-7-12-5-6-14(23(25)26)10-17(12)22/h1-6,10-11H,7-9H2. The summed E-state index contributed by atoms with van der Waals surface area (Å²) in [6.07, 6.45) is 0.837. The van der Waals surface area contributed by atoms with E-state index in [1.807, 2.05) is 23.6 Å². The van der Waals surface area contributed by atoms with Crippen LogP contribution in [0, 0.1) is 10.1 Å². The van der Waals surface area contributed by atoms with Crippen molar-refractivity contribution in [2.75, 3.05) is 11.4 Å². The molecule has 0 saturated heterocycles. The predicted molar refractivity (Wildman–Crippen MR) is 105 cm³/mol. The van der Waals surface area contributed by atoms with Gasteiger partial charge in [-0.2, -0.15) is 0 Å². The molecule has 0 N–H and O–H groups in total. The molecule has 0 bridgehead atoms. The molecule has 0 fully saturated rings. The number of carbonyl (C=O) groups is 1. The summed E-state index contributed by atoms with van der Waals surface area (Å²) in [5.74, 6) is -0.120. The number of hydrogen-bond acceptors (Lipinski definition) is 5. The molecule has 4 rings (SSSR count). The lowest BCUT2D eigenvalue weighted by molar-refractivity contribution is -0.384. The Kier molecular flexibility index (Phi) is 4.63. The van der Waals surface area contributed by atoms with Gasteiger partial charge in [-0.1, -0.05) is 35.9 Å². The fraction of sp³-hybridized carbons (Fsp3) is 0.158. The summed E-state index contributed by atoms with van der Waals surface area (Å²) in [4.78, 5) is 29.5. The van der Waals surface area contributed by atoms with Crippen molar-refractivity contribution in [2.45, 2.75) is 12.8 Å². The predicted octanol–water partition coefficient (Wildman–Crippen LogP) is 4.50. The molecule has 0 unspecified atom stereocenters. The van der Waals surface area contributed by atoms with E-state index in [1.165, 1.54) is 23.5 Å². The Morgan fingerprint density at radius 2 is 2.11 bits per heavy atom. The van der Waals surface area contributed by atoms with E-state index in [4.69, 9.17) is 11.6 Å². The van der Waals surface area contributed by atoms with Crippen LogP contribution in [0.2, 0.25) is 5.02 Å². The smallest absolute Gasteiger partial charge is 0.271 e. The Labute approximate surface area is 164 Å². The molecule has 6 nitrogen and oxygen atoms in total. The number of fused-ring (bicyclic) bond motifs is 1. The van der Waals surface area contributed by atoms with E-state index in [0.717, 1.165) is 16.1 Å². The average molecular weight is 400 g/mol. The van der Waals surface area contributed by atoms with E-state index in [-0.39, 0.29) is 18.0 Å². The van der Waals surface area contributed by atoms with Crippen molar-refractivity contribution in [3.63, 3.8) is 0 Å². The zero-order valence-corrected chi connectivity index (χ0v) is 15.7. The zero-order valence-electron chi connectivity index (χ0n) is 14.1. The molecule has 136 valence electrons. The minimum atomic E-state index is -0.447. The third-order valence-corrected chi connectivity index (χ3v) is 5.72. The van der Waals surface area contributed by atoms with Crippen LogP contribution >= 0.6 is 22.9 Å². The monoisotopic (exact) mass is 399 g/mol. The van der Waals surface area contributed by atoms with E-state index in [2.05, 4.69) is 4.98 Å². The zero-order chi connectivity index (χ0) is 19.0. The maximum Gasteiger partial charge on any atom is 0.271 e. The number of benzene rings is 2. The Bertz CT molecular complexity index is 1050. The molecule has 0 spiro atoms. The highest BCUT2D eigenvalue weighted by Crippen LogP contribution is 2.33. The molecule has 8 heteroatoms. The second-order valence-electron chi connectivity index (χ2n) is 6.17. The van der Waals surface area contributed by atoms with Gasteiger partial charge >= 0.3 is 0 Å². The summed E-state index contributed by atoms with van der Waals surface area (Å²) in [6.45, 7) is 0.525. The van der Waals surface area contributed by atoms with Gasteiger partial charge in [-0.05, 0) is 18.1 Å². The Hall–Kier alpha value is -2.77.